The minimum absolute atomic E-state index is 0.00234. The lowest BCUT2D eigenvalue weighted by atomic mass is 9.99. The third kappa shape index (κ3) is 3.14. The number of rotatable bonds is 2. The Kier molecular flexibility index (Phi) is 4.02. The van der Waals surface area contributed by atoms with E-state index in [-0.39, 0.29) is 5.91 Å². The van der Waals surface area contributed by atoms with Gasteiger partial charge in [-0.3, -0.25) is 4.79 Å². The van der Waals surface area contributed by atoms with Gasteiger partial charge in [0, 0.05) is 19.3 Å². The van der Waals surface area contributed by atoms with E-state index in [4.69, 9.17) is 11.6 Å². The Hall–Kier alpha value is -2.13. The number of hydrogen-bond donors (Lipinski definition) is 0. The molecule has 4 heteroatoms. The molecule has 2 heterocycles. The van der Waals surface area contributed by atoms with Gasteiger partial charge >= 0.3 is 0 Å². The van der Waals surface area contributed by atoms with Crippen molar-refractivity contribution in [3.63, 3.8) is 0 Å². The van der Waals surface area contributed by atoms with Gasteiger partial charge in [0.05, 0.1) is 5.56 Å². The van der Waals surface area contributed by atoms with E-state index in [0.717, 1.165) is 13.0 Å². The van der Waals surface area contributed by atoms with Gasteiger partial charge in [0.2, 0.25) is 0 Å². The summed E-state index contributed by atoms with van der Waals surface area (Å²) in [6.45, 7) is 1.36. The van der Waals surface area contributed by atoms with Crippen molar-refractivity contribution in [2.45, 2.75) is 6.42 Å². The van der Waals surface area contributed by atoms with Crippen LogP contribution in [0, 0.1) is 0 Å². The maximum atomic E-state index is 12.4. The van der Waals surface area contributed by atoms with Gasteiger partial charge in [-0.25, -0.2) is 4.98 Å². The van der Waals surface area contributed by atoms with Crippen LogP contribution in [0.4, 0.5) is 0 Å². The number of carbonyl (C=O) groups excluding carboxylic acids is 1. The lowest BCUT2D eigenvalue weighted by molar-refractivity contribution is 0.0772. The highest BCUT2D eigenvalue weighted by Crippen LogP contribution is 2.22. The highest BCUT2D eigenvalue weighted by atomic mass is 35.5. The summed E-state index contributed by atoms with van der Waals surface area (Å²) in [6.07, 6.45) is 4.53. The smallest absolute Gasteiger partial charge is 0.255 e. The topological polar surface area (TPSA) is 33.2 Å². The number of halogens is 1. The molecule has 1 aliphatic rings. The van der Waals surface area contributed by atoms with E-state index < -0.39 is 0 Å². The van der Waals surface area contributed by atoms with Crippen molar-refractivity contribution in [3.05, 3.63) is 71.0 Å². The van der Waals surface area contributed by atoms with Crippen molar-refractivity contribution in [3.8, 4) is 0 Å². The summed E-state index contributed by atoms with van der Waals surface area (Å²) in [5, 5.41) is 0.399. The van der Waals surface area contributed by atoms with Crippen LogP contribution in [0.25, 0.3) is 5.57 Å². The Morgan fingerprint density at radius 1 is 1.14 bits per heavy atom. The molecule has 0 bridgehead atoms. The van der Waals surface area contributed by atoms with Crippen molar-refractivity contribution in [2.24, 2.45) is 0 Å². The zero-order chi connectivity index (χ0) is 14.7. The molecule has 3 nitrogen and oxygen atoms in total. The van der Waals surface area contributed by atoms with E-state index in [1.807, 2.05) is 23.1 Å². The fourth-order valence-corrected chi connectivity index (χ4v) is 2.56. The van der Waals surface area contributed by atoms with Crippen molar-refractivity contribution in [2.75, 3.05) is 13.1 Å². The fourth-order valence-electron chi connectivity index (χ4n) is 2.45. The molecule has 1 aliphatic heterocycles. The zero-order valence-corrected chi connectivity index (χ0v) is 12.3. The van der Waals surface area contributed by atoms with Gasteiger partial charge in [-0.15, -0.1) is 0 Å². The Morgan fingerprint density at radius 2 is 1.95 bits per heavy atom. The summed E-state index contributed by atoms with van der Waals surface area (Å²) in [4.78, 5) is 18.2. The van der Waals surface area contributed by atoms with Crippen molar-refractivity contribution < 1.29 is 4.79 Å². The number of pyridine rings is 1. The van der Waals surface area contributed by atoms with Gasteiger partial charge in [-0.1, -0.05) is 48.0 Å². The summed E-state index contributed by atoms with van der Waals surface area (Å²) in [7, 11) is 0. The molecule has 1 aromatic carbocycles. The molecule has 1 aromatic heterocycles. The predicted octanol–water partition coefficient (Wildman–Crippen LogP) is 3.66. The molecule has 21 heavy (non-hydrogen) atoms. The van der Waals surface area contributed by atoms with Crippen LogP contribution in [0.3, 0.4) is 0 Å². The predicted molar refractivity (Wildman–Crippen MR) is 84.2 cm³/mol. The van der Waals surface area contributed by atoms with Crippen LogP contribution in [0.2, 0.25) is 5.15 Å². The van der Waals surface area contributed by atoms with Crippen LogP contribution in [0.15, 0.2) is 54.7 Å². The second-order valence-corrected chi connectivity index (χ2v) is 5.35. The summed E-state index contributed by atoms with van der Waals surface area (Å²) in [5.74, 6) is 0.00234. The van der Waals surface area contributed by atoms with Crippen molar-refractivity contribution in [1.82, 2.24) is 9.88 Å². The molecule has 0 unspecified atom stereocenters. The van der Waals surface area contributed by atoms with E-state index in [2.05, 4.69) is 23.2 Å². The number of aromatic nitrogens is 1. The SMILES string of the molecule is O=C(c1ccc(Cl)nc1)N1CC=C(c2ccccc2)CC1. The quantitative estimate of drug-likeness (QED) is 0.793. The van der Waals surface area contributed by atoms with Crippen LogP contribution < -0.4 is 0 Å². The van der Waals surface area contributed by atoms with Crippen LogP contribution >= 0.6 is 11.6 Å². The van der Waals surface area contributed by atoms with Gasteiger partial charge in [0.25, 0.3) is 5.91 Å². The molecule has 3 rings (SSSR count). The Bertz CT molecular complexity index is 665. The Labute approximate surface area is 128 Å². The normalized spacial score (nSPS) is 14.7. The standard InChI is InChI=1S/C17H15ClN2O/c18-16-7-6-15(12-19-16)17(21)20-10-8-14(9-11-20)13-4-2-1-3-5-13/h1-8,12H,9-11H2. The first-order chi connectivity index (χ1) is 10.2. The Balaban J connectivity index is 1.72. The van der Waals surface area contributed by atoms with Crippen LogP contribution in [-0.4, -0.2) is 28.9 Å². The minimum Gasteiger partial charge on any atom is -0.335 e. The second kappa shape index (κ2) is 6.10. The number of carbonyl (C=O) groups is 1. The third-order valence-corrected chi connectivity index (χ3v) is 3.84. The van der Waals surface area contributed by atoms with Crippen molar-refractivity contribution in [1.29, 1.82) is 0 Å². The monoisotopic (exact) mass is 298 g/mol. The first-order valence-corrected chi connectivity index (χ1v) is 7.27. The highest BCUT2D eigenvalue weighted by Gasteiger charge is 2.19. The van der Waals surface area contributed by atoms with E-state index in [1.165, 1.54) is 17.3 Å². The molecule has 2 aromatic rings. The Morgan fingerprint density at radius 3 is 2.57 bits per heavy atom. The highest BCUT2D eigenvalue weighted by molar-refractivity contribution is 6.29. The van der Waals surface area contributed by atoms with Gasteiger partial charge in [0.1, 0.15) is 5.15 Å². The molecule has 0 aliphatic carbocycles. The van der Waals surface area contributed by atoms with Crippen LogP contribution in [-0.2, 0) is 0 Å². The number of nitrogens with zero attached hydrogens (tertiary/aromatic N) is 2. The summed E-state index contributed by atoms with van der Waals surface area (Å²) >= 11 is 5.74. The van der Waals surface area contributed by atoms with Crippen LogP contribution in [0.5, 0.6) is 0 Å². The first kappa shape index (κ1) is 13.8. The van der Waals surface area contributed by atoms with Gasteiger partial charge in [-0.05, 0) is 29.7 Å². The minimum atomic E-state index is 0.00234. The number of amides is 1. The summed E-state index contributed by atoms with van der Waals surface area (Å²) in [6, 6.07) is 13.6. The van der Waals surface area contributed by atoms with Crippen molar-refractivity contribution >= 4 is 23.1 Å². The average Bonchev–Trinajstić information content (AvgIpc) is 2.56. The van der Waals surface area contributed by atoms with E-state index >= 15 is 0 Å². The molecule has 0 saturated carbocycles. The third-order valence-electron chi connectivity index (χ3n) is 3.62. The molecule has 0 radical (unpaired) electrons. The van der Waals surface area contributed by atoms with E-state index in [0.29, 0.717) is 17.3 Å². The largest absolute Gasteiger partial charge is 0.335 e. The first-order valence-electron chi connectivity index (χ1n) is 6.89. The second-order valence-electron chi connectivity index (χ2n) is 4.97. The number of benzene rings is 1. The fraction of sp³-hybridized carbons (Fsp3) is 0.176. The zero-order valence-electron chi connectivity index (χ0n) is 11.5. The number of hydrogen-bond acceptors (Lipinski definition) is 2. The molecule has 0 fully saturated rings. The molecule has 0 spiro atoms. The van der Waals surface area contributed by atoms with E-state index in [9.17, 15) is 4.79 Å². The maximum Gasteiger partial charge on any atom is 0.255 e. The molecule has 0 N–H and O–H groups in total. The van der Waals surface area contributed by atoms with Gasteiger partial charge in [0.15, 0.2) is 0 Å². The van der Waals surface area contributed by atoms with E-state index in [1.54, 1.807) is 12.1 Å². The molecule has 0 atom stereocenters. The molecular formula is C17H15ClN2O. The molecular weight excluding hydrogens is 284 g/mol. The lowest BCUT2D eigenvalue weighted by Gasteiger charge is -2.26. The molecule has 106 valence electrons. The van der Waals surface area contributed by atoms with Crippen LogP contribution in [0.1, 0.15) is 22.3 Å². The van der Waals surface area contributed by atoms with Gasteiger partial charge < -0.3 is 4.90 Å². The summed E-state index contributed by atoms with van der Waals surface area (Å²) in [5.41, 5.74) is 3.11. The summed E-state index contributed by atoms with van der Waals surface area (Å²) < 4.78 is 0. The van der Waals surface area contributed by atoms with Gasteiger partial charge in [-0.2, -0.15) is 0 Å². The molecule has 0 saturated heterocycles. The molecule has 1 amide bonds. The average molecular weight is 299 g/mol. The maximum absolute atomic E-state index is 12.4. The lowest BCUT2D eigenvalue weighted by Crippen LogP contribution is -2.34.